The van der Waals surface area contributed by atoms with E-state index in [0.717, 1.165) is 29.8 Å². The van der Waals surface area contributed by atoms with Crippen molar-refractivity contribution in [2.75, 3.05) is 19.7 Å². The summed E-state index contributed by atoms with van der Waals surface area (Å²) in [7, 11) is 0. The van der Waals surface area contributed by atoms with E-state index in [4.69, 9.17) is 4.74 Å². The Morgan fingerprint density at radius 2 is 1.42 bits per heavy atom. The maximum atomic E-state index is 5.59. The molecule has 4 aliphatic carbocycles. The summed E-state index contributed by atoms with van der Waals surface area (Å²) in [5.74, 6) is 3.32. The van der Waals surface area contributed by atoms with E-state index in [9.17, 15) is 0 Å². The van der Waals surface area contributed by atoms with Gasteiger partial charge in [-0.2, -0.15) is 0 Å². The number of hydrogen-bond donors (Lipinski definition) is 1. The maximum Gasteiger partial charge on any atom is 0.0518 e. The van der Waals surface area contributed by atoms with E-state index in [0.29, 0.717) is 6.10 Å². The Kier molecular flexibility index (Phi) is 7.04. The molecule has 0 heterocycles. The van der Waals surface area contributed by atoms with Crippen LogP contribution in [0.1, 0.15) is 90.9 Å². The van der Waals surface area contributed by atoms with Crippen molar-refractivity contribution in [2.45, 2.75) is 97.0 Å². The SMILES string of the molecule is CC(C)OCCCCCCCNCCC12CC3CC(CC(C3)C1)C2. The summed E-state index contributed by atoms with van der Waals surface area (Å²) in [5.41, 5.74) is 0.762. The summed E-state index contributed by atoms with van der Waals surface area (Å²) in [4.78, 5) is 0. The van der Waals surface area contributed by atoms with Crippen LogP contribution in [0.2, 0.25) is 0 Å². The number of hydrogen-bond acceptors (Lipinski definition) is 2. The second-order valence-corrected chi connectivity index (χ2v) is 9.60. The van der Waals surface area contributed by atoms with Crippen molar-refractivity contribution < 1.29 is 4.74 Å². The van der Waals surface area contributed by atoms with Crippen molar-refractivity contribution in [3.05, 3.63) is 0 Å². The Balaban J connectivity index is 1.17. The van der Waals surface area contributed by atoms with Crippen LogP contribution in [0.15, 0.2) is 0 Å². The van der Waals surface area contributed by atoms with Crippen LogP contribution in [0.25, 0.3) is 0 Å². The van der Waals surface area contributed by atoms with Gasteiger partial charge in [-0.25, -0.2) is 0 Å². The van der Waals surface area contributed by atoms with E-state index < -0.39 is 0 Å². The lowest BCUT2D eigenvalue weighted by molar-refractivity contribution is -0.0567. The van der Waals surface area contributed by atoms with Gasteiger partial charge in [-0.05, 0) is 108 Å². The molecule has 0 aliphatic heterocycles. The predicted octanol–water partition coefficient (Wildman–Crippen LogP) is 5.56. The van der Waals surface area contributed by atoms with Gasteiger partial charge in [0.05, 0.1) is 6.10 Å². The molecule has 24 heavy (non-hydrogen) atoms. The molecule has 2 heteroatoms. The van der Waals surface area contributed by atoms with Crippen LogP contribution in [0.4, 0.5) is 0 Å². The van der Waals surface area contributed by atoms with Crippen LogP contribution >= 0.6 is 0 Å². The molecule has 0 radical (unpaired) electrons. The largest absolute Gasteiger partial charge is 0.379 e. The second kappa shape index (κ2) is 9.03. The molecule has 1 N–H and O–H groups in total. The smallest absolute Gasteiger partial charge is 0.0518 e. The van der Waals surface area contributed by atoms with Crippen LogP contribution in [-0.4, -0.2) is 25.8 Å². The second-order valence-electron chi connectivity index (χ2n) is 9.60. The van der Waals surface area contributed by atoms with E-state index in [1.807, 2.05) is 0 Å². The quantitative estimate of drug-likeness (QED) is 0.472. The third kappa shape index (κ3) is 5.46. The van der Waals surface area contributed by atoms with Crippen molar-refractivity contribution in [1.29, 1.82) is 0 Å². The maximum absolute atomic E-state index is 5.59. The van der Waals surface area contributed by atoms with Gasteiger partial charge in [0.25, 0.3) is 0 Å². The fraction of sp³-hybridized carbons (Fsp3) is 1.00. The molecule has 0 aromatic heterocycles. The number of ether oxygens (including phenoxy) is 1. The Hall–Kier alpha value is -0.0800. The zero-order valence-corrected chi connectivity index (χ0v) is 16.3. The van der Waals surface area contributed by atoms with E-state index in [-0.39, 0.29) is 0 Å². The molecular weight excluding hydrogens is 294 g/mol. The zero-order chi connectivity index (χ0) is 16.8. The van der Waals surface area contributed by atoms with Crippen LogP contribution in [0.5, 0.6) is 0 Å². The first-order valence-corrected chi connectivity index (χ1v) is 11.0. The summed E-state index contributed by atoms with van der Waals surface area (Å²) in [6.45, 7) is 7.69. The molecule has 4 rings (SSSR count). The van der Waals surface area contributed by atoms with Crippen LogP contribution in [-0.2, 0) is 4.74 Å². The number of nitrogens with one attached hydrogen (secondary N) is 1. The topological polar surface area (TPSA) is 21.3 Å². The lowest BCUT2D eigenvalue weighted by atomic mass is 9.49. The minimum absolute atomic E-state index is 0.392. The fourth-order valence-electron chi connectivity index (χ4n) is 6.28. The summed E-state index contributed by atoms with van der Waals surface area (Å²) < 4.78 is 5.59. The normalized spacial score (nSPS) is 34.4. The van der Waals surface area contributed by atoms with E-state index in [1.54, 1.807) is 38.5 Å². The molecule has 0 saturated heterocycles. The van der Waals surface area contributed by atoms with Gasteiger partial charge < -0.3 is 10.1 Å². The van der Waals surface area contributed by atoms with Gasteiger partial charge in [0.15, 0.2) is 0 Å². The van der Waals surface area contributed by atoms with Crippen molar-refractivity contribution >= 4 is 0 Å². The van der Waals surface area contributed by atoms with Gasteiger partial charge in [0.1, 0.15) is 0 Å². The first-order valence-electron chi connectivity index (χ1n) is 11.0. The van der Waals surface area contributed by atoms with Crippen molar-refractivity contribution in [1.82, 2.24) is 5.32 Å². The predicted molar refractivity (Wildman–Crippen MR) is 102 cm³/mol. The molecule has 0 amide bonds. The number of rotatable bonds is 12. The van der Waals surface area contributed by atoms with E-state index in [2.05, 4.69) is 19.2 Å². The first-order chi connectivity index (χ1) is 11.7. The number of unbranched alkanes of at least 4 members (excludes halogenated alkanes) is 4. The summed E-state index contributed by atoms with van der Waals surface area (Å²) in [5, 5.41) is 3.75. The average molecular weight is 336 g/mol. The minimum atomic E-state index is 0.392. The van der Waals surface area contributed by atoms with E-state index >= 15 is 0 Å². The summed E-state index contributed by atoms with van der Waals surface area (Å²) in [6.07, 6.45) is 18.0. The third-order valence-electron chi connectivity index (χ3n) is 6.95. The molecule has 0 atom stereocenters. The minimum Gasteiger partial charge on any atom is -0.379 e. The summed E-state index contributed by atoms with van der Waals surface area (Å²) in [6, 6.07) is 0. The molecule has 0 spiro atoms. The lowest BCUT2D eigenvalue weighted by Crippen LogP contribution is -2.47. The molecule has 140 valence electrons. The average Bonchev–Trinajstić information content (AvgIpc) is 2.51. The highest BCUT2D eigenvalue weighted by Crippen LogP contribution is 2.61. The molecule has 4 saturated carbocycles. The fourth-order valence-corrected chi connectivity index (χ4v) is 6.28. The van der Waals surface area contributed by atoms with Gasteiger partial charge in [-0.1, -0.05) is 19.3 Å². The lowest BCUT2D eigenvalue weighted by Gasteiger charge is -2.57. The molecule has 0 aromatic carbocycles. The van der Waals surface area contributed by atoms with Gasteiger partial charge in [-0.3, -0.25) is 0 Å². The molecule has 4 aliphatic rings. The Labute approximate surface area is 150 Å². The highest BCUT2D eigenvalue weighted by Gasteiger charge is 2.50. The van der Waals surface area contributed by atoms with Crippen LogP contribution in [0, 0.1) is 23.2 Å². The first kappa shape index (κ1) is 18.7. The molecule has 4 bridgehead atoms. The standard InChI is InChI=1S/C22H41NO/c1-18(2)24-11-7-5-3-4-6-9-23-10-8-22-15-19-12-20(16-22)14-21(13-19)17-22/h18-21,23H,3-17H2,1-2H3. The van der Waals surface area contributed by atoms with Crippen LogP contribution in [0.3, 0.4) is 0 Å². The Morgan fingerprint density at radius 3 is 2.04 bits per heavy atom. The van der Waals surface area contributed by atoms with Crippen molar-refractivity contribution in [3.8, 4) is 0 Å². The van der Waals surface area contributed by atoms with E-state index in [1.165, 1.54) is 51.6 Å². The van der Waals surface area contributed by atoms with Gasteiger partial charge in [-0.15, -0.1) is 0 Å². The van der Waals surface area contributed by atoms with Crippen molar-refractivity contribution in [2.24, 2.45) is 23.2 Å². The molecular formula is C22H41NO. The Bertz CT molecular complexity index is 330. The molecule has 0 aromatic rings. The third-order valence-corrected chi connectivity index (χ3v) is 6.95. The zero-order valence-electron chi connectivity index (χ0n) is 16.3. The van der Waals surface area contributed by atoms with Gasteiger partial charge >= 0.3 is 0 Å². The highest BCUT2D eigenvalue weighted by atomic mass is 16.5. The van der Waals surface area contributed by atoms with Crippen molar-refractivity contribution in [3.63, 3.8) is 0 Å². The van der Waals surface area contributed by atoms with Gasteiger partial charge in [0, 0.05) is 6.61 Å². The Morgan fingerprint density at radius 1 is 0.833 bits per heavy atom. The van der Waals surface area contributed by atoms with Gasteiger partial charge in [0.2, 0.25) is 0 Å². The highest BCUT2D eigenvalue weighted by molar-refractivity contribution is 5.01. The molecule has 2 nitrogen and oxygen atoms in total. The molecule has 4 fully saturated rings. The van der Waals surface area contributed by atoms with Crippen LogP contribution < -0.4 is 5.32 Å². The molecule has 0 unspecified atom stereocenters. The summed E-state index contributed by atoms with van der Waals surface area (Å²) >= 11 is 0. The monoisotopic (exact) mass is 335 g/mol.